The van der Waals surface area contributed by atoms with Crippen molar-refractivity contribution >= 4 is 17.6 Å². The molecule has 126 valence electrons. The summed E-state index contributed by atoms with van der Waals surface area (Å²) in [4.78, 5) is 23.7. The maximum absolute atomic E-state index is 12.0. The summed E-state index contributed by atoms with van der Waals surface area (Å²) in [6.07, 6.45) is 1.34. The number of ether oxygens (including phenoxy) is 1. The van der Waals surface area contributed by atoms with Crippen molar-refractivity contribution in [2.45, 2.75) is 39.3 Å². The molecule has 1 fully saturated rings. The van der Waals surface area contributed by atoms with Gasteiger partial charge in [-0.2, -0.15) is 0 Å². The van der Waals surface area contributed by atoms with E-state index in [1.807, 2.05) is 38.1 Å². The van der Waals surface area contributed by atoms with Crippen LogP contribution in [0.4, 0.5) is 10.5 Å². The quantitative estimate of drug-likeness (QED) is 0.752. The van der Waals surface area contributed by atoms with Gasteiger partial charge in [0.25, 0.3) is 5.91 Å². The molecule has 0 radical (unpaired) electrons. The van der Waals surface area contributed by atoms with Crippen LogP contribution in [-0.4, -0.2) is 31.2 Å². The molecule has 6 nitrogen and oxygen atoms in total. The SMILES string of the molecule is CC(C)CNC(=O)NCc1cccc(NC(=O)C2CCCO2)c1. The monoisotopic (exact) mass is 319 g/mol. The molecular weight excluding hydrogens is 294 g/mol. The van der Waals surface area contributed by atoms with Crippen molar-refractivity contribution < 1.29 is 14.3 Å². The Morgan fingerprint density at radius 3 is 2.83 bits per heavy atom. The first kappa shape index (κ1) is 17.3. The molecule has 1 atom stereocenters. The lowest BCUT2D eigenvalue weighted by atomic mass is 10.2. The van der Waals surface area contributed by atoms with Crippen LogP contribution in [0.15, 0.2) is 24.3 Å². The largest absolute Gasteiger partial charge is 0.368 e. The molecule has 1 aromatic carbocycles. The Hall–Kier alpha value is -2.08. The predicted octanol–water partition coefficient (Wildman–Crippen LogP) is 2.26. The van der Waals surface area contributed by atoms with E-state index in [1.54, 1.807) is 0 Å². The molecule has 0 spiro atoms. The van der Waals surface area contributed by atoms with Gasteiger partial charge in [0.2, 0.25) is 0 Å². The number of nitrogens with one attached hydrogen (secondary N) is 3. The minimum absolute atomic E-state index is 0.109. The van der Waals surface area contributed by atoms with Gasteiger partial charge in [-0.3, -0.25) is 4.79 Å². The summed E-state index contributed by atoms with van der Waals surface area (Å²) >= 11 is 0. The molecular formula is C17H25N3O3. The van der Waals surface area contributed by atoms with Gasteiger partial charge in [0, 0.05) is 25.4 Å². The summed E-state index contributed by atoms with van der Waals surface area (Å²) in [5.74, 6) is 0.305. The van der Waals surface area contributed by atoms with Gasteiger partial charge in [0.05, 0.1) is 0 Å². The molecule has 6 heteroatoms. The van der Waals surface area contributed by atoms with E-state index in [9.17, 15) is 9.59 Å². The fourth-order valence-electron chi connectivity index (χ4n) is 2.31. The van der Waals surface area contributed by atoms with Gasteiger partial charge in [-0.15, -0.1) is 0 Å². The Balaban J connectivity index is 1.82. The molecule has 3 amide bonds. The number of amides is 3. The fraction of sp³-hybridized carbons (Fsp3) is 0.529. The van der Waals surface area contributed by atoms with Crippen LogP contribution in [-0.2, 0) is 16.1 Å². The van der Waals surface area contributed by atoms with Crippen molar-refractivity contribution in [2.24, 2.45) is 5.92 Å². The van der Waals surface area contributed by atoms with E-state index in [0.717, 1.165) is 18.4 Å². The van der Waals surface area contributed by atoms with Crippen molar-refractivity contribution in [3.05, 3.63) is 29.8 Å². The van der Waals surface area contributed by atoms with E-state index < -0.39 is 0 Å². The highest BCUT2D eigenvalue weighted by Gasteiger charge is 2.23. The number of hydrogen-bond acceptors (Lipinski definition) is 3. The van der Waals surface area contributed by atoms with E-state index in [4.69, 9.17) is 4.74 Å². The van der Waals surface area contributed by atoms with Crippen LogP contribution in [0.3, 0.4) is 0 Å². The van der Waals surface area contributed by atoms with Gasteiger partial charge in [-0.05, 0) is 36.5 Å². The van der Waals surface area contributed by atoms with E-state index in [1.165, 1.54) is 0 Å². The second kappa shape index (κ2) is 8.53. The standard InChI is InChI=1S/C17H25N3O3/c1-12(2)10-18-17(22)19-11-13-5-3-6-14(9-13)20-16(21)15-7-4-8-23-15/h3,5-6,9,12,15H,4,7-8,10-11H2,1-2H3,(H,20,21)(H2,18,19,22). The molecule has 1 heterocycles. The number of rotatable bonds is 6. The lowest BCUT2D eigenvalue weighted by Gasteiger charge is -2.12. The Labute approximate surface area is 137 Å². The minimum atomic E-state index is -0.349. The van der Waals surface area contributed by atoms with Gasteiger partial charge in [-0.1, -0.05) is 26.0 Å². The Morgan fingerprint density at radius 2 is 2.13 bits per heavy atom. The summed E-state index contributed by atoms with van der Waals surface area (Å²) in [6.45, 7) is 5.78. The molecule has 1 aliphatic heterocycles. The van der Waals surface area contributed by atoms with Gasteiger partial charge in [0.15, 0.2) is 0 Å². The van der Waals surface area contributed by atoms with E-state index in [-0.39, 0.29) is 18.0 Å². The first-order valence-electron chi connectivity index (χ1n) is 8.07. The third kappa shape index (κ3) is 5.90. The second-order valence-corrected chi connectivity index (χ2v) is 6.15. The van der Waals surface area contributed by atoms with Crippen LogP contribution in [0.5, 0.6) is 0 Å². The predicted molar refractivity (Wildman–Crippen MR) is 89.1 cm³/mol. The van der Waals surface area contributed by atoms with Gasteiger partial charge in [-0.25, -0.2) is 4.79 Å². The maximum Gasteiger partial charge on any atom is 0.315 e. The number of anilines is 1. The molecule has 0 saturated carbocycles. The summed E-state index contributed by atoms with van der Waals surface area (Å²) in [6, 6.07) is 7.26. The molecule has 1 aliphatic rings. The van der Waals surface area contributed by atoms with Gasteiger partial charge in [0.1, 0.15) is 6.10 Å². The second-order valence-electron chi connectivity index (χ2n) is 6.15. The molecule has 1 aromatic rings. The molecule has 1 unspecified atom stereocenters. The number of benzene rings is 1. The van der Waals surface area contributed by atoms with Crippen LogP contribution in [0.1, 0.15) is 32.3 Å². The van der Waals surface area contributed by atoms with E-state index in [0.29, 0.717) is 31.3 Å². The Morgan fingerprint density at radius 1 is 1.30 bits per heavy atom. The van der Waals surface area contributed by atoms with Crippen LogP contribution in [0.25, 0.3) is 0 Å². The third-order valence-electron chi connectivity index (χ3n) is 3.54. The summed E-state index contributed by atoms with van der Waals surface area (Å²) in [5.41, 5.74) is 1.64. The van der Waals surface area contributed by atoms with Crippen molar-refractivity contribution in [1.29, 1.82) is 0 Å². The highest BCUT2D eigenvalue weighted by atomic mass is 16.5. The van der Waals surface area contributed by atoms with Crippen LogP contribution in [0.2, 0.25) is 0 Å². The Kier molecular flexibility index (Phi) is 6.40. The fourth-order valence-corrected chi connectivity index (χ4v) is 2.31. The highest BCUT2D eigenvalue weighted by molar-refractivity contribution is 5.94. The van der Waals surface area contributed by atoms with Crippen molar-refractivity contribution in [3.63, 3.8) is 0 Å². The average molecular weight is 319 g/mol. The zero-order valence-corrected chi connectivity index (χ0v) is 13.7. The molecule has 23 heavy (non-hydrogen) atoms. The highest BCUT2D eigenvalue weighted by Crippen LogP contribution is 2.16. The summed E-state index contributed by atoms with van der Waals surface area (Å²) in [5, 5.41) is 8.46. The van der Waals surface area contributed by atoms with Crippen LogP contribution >= 0.6 is 0 Å². The van der Waals surface area contributed by atoms with Crippen LogP contribution < -0.4 is 16.0 Å². The maximum atomic E-state index is 12.0. The van der Waals surface area contributed by atoms with Gasteiger partial charge >= 0.3 is 6.03 Å². The lowest BCUT2D eigenvalue weighted by molar-refractivity contribution is -0.124. The number of urea groups is 1. The smallest absolute Gasteiger partial charge is 0.315 e. The molecule has 1 saturated heterocycles. The number of hydrogen-bond donors (Lipinski definition) is 3. The van der Waals surface area contributed by atoms with Gasteiger partial charge < -0.3 is 20.7 Å². The molecule has 0 bridgehead atoms. The number of carbonyl (C=O) groups is 2. The zero-order valence-electron chi connectivity index (χ0n) is 13.7. The molecule has 0 aliphatic carbocycles. The number of carbonyl (C=O) groups excluding carboxylic acids is 2. The van der Waals surface area contributed by atoms with Crippen LogP contribution in [0, 0.1) is 5.92 Å². The first-order valence-corrected chi connectivity index (χ1v) is 8.07. The van der Waals surface area contributed by atoms with E-state index >= 15 is 0 Å². The van der Waals surface area contributed by atoms with E-state index in [2.05, 4.69) is 16.0 Å². The minimum Gasteiger partial charge on any atom is -0.368 e. The van der Waals surface area contributed by atoms with Crippen molar-refractivity contribution in [1.82, 2.24) is 10.6 Å². The topological polar surface area (TPSA) is 79.5 Å². The van der Waals surface area contributed by atoms with Crippen molar-refractivity contribution in [2.75, 3.05) is 18.5 Å². The molecule has 3 N–H and O–H groups in total. The van der Waals surface area contributed by atoms with Crippen molar-refractivity contribution in [3.8, 4) is 0 Å². The molecule has 0 aromatic heterocycles. The molecule has 2 rings (SSSR count). The average Bonchev–Trinajstić information content (AvgIpc) is 3.06. The Bertz CT molecular complexity index is 540. The zero-order chi connectivity index (χ0) is 16.7. The third-order valence-corrected chi connectivity index (χ3v) is 3.54. The first-order chi connectivity index (χ1) is 11.0. The normalized spacial score (nSPS) is 17.1. The summed E-state index contributed by atoms with van der Waals surface area (Å²) in [7, 11) is 0. The summed E-state index contributed by atoms with van der Waals surface area (Å²) < 4.78 is 5.36. The lowest BCUT2D eigenvalue weighted by Crippen LogP contribution is -2.37.